The minimum atomic E-state index is 0.293. The first-order valence-electron chi connectivity index (χ1n) is 9.10. The molecule has 4 aromatic heterocycles. The third kappa shape index (κ3) is 3.53. The van der Waals surface area contributed by atoms with Crippen LogP contribution in [0.5, 0.6) is 5.88 Å². The number of thiophene rings is 1. The van der Waals surface area contributed by atoms with Crippen LogP contribution in [0.15, 0.2) is 70.9 Å². The number of hydrogen-bond acceptors (Lipinski definition) is 8. The number of nitrogens with one attached hydrogen (secondary N) is 1. The molecule has 30 heavy (non-hydrogen) atoms. The zero-order chi connectivity index (χ0) is 20.3. The van der Waals surface area contributed by atoms with E-state index < -0.39 is 0 Å². The van der Waals surface area contributed by atoms with Gasteiger partial charge in [-0.3, -0.25) is 0 Å². The Morgan fingerprint density at radius 3 is 2.83 bits per heavy atom. The van der Waals surface area contributed by atoms with Gasteiger partial charge in [0.25, 0.3) is 0 Å². The lowest BCUT2D eigenvalue weighted by Crippen LogP contribution is -2.03. The predicted molar refractivity (Wildman–Crippen MR) is 114 cm³/mol. The number of ether oxygens (including phenoxy) is 1. The average molecular weight is 416 g/mol. The summed E-state index contributed by atoms with van der Waals surface area (Å²) in [6, 6.07) is 15.6. The van der Waals surface area contributed by atoms with E-state index >= 15 is 0 Å². The summed E-state index contributed by atoms with van der Waals surface area (Å²) in [4.78, 5) is 5.70. The van der Waals surface area contributed by atoms with E-state index in [-0.39, 0.29) is 0 Å². The van der Waals surface area contributed by atoms with E-state index in [1.165, 1.54) is 0 Å². The first kappa shape index (κ1) is 18.1. The summed E-state index contributed by atoms with van der Waals surface area (Å²) in [5.74, 6) is 0.901. The minimum absolute atomic E-state index is 0.293. The Morgan fingerprint density at radius 2 is 2.07 bits per heavy atom. The molecule has 8 nitrogen and oxygen atoms in total. The zero-order valence-electron chi connectivity index (χ0n) is 15.6. The Morgan fingerprint density at radius 1 is 1.10 bits per heavy atom. The van der Waals surface area contributed by atoms with Crippen LogP contribution in [0.25, 0.3) is 33.1 Å². The minimum Gasteiger partial charge on any atom is -0.472 e. The van der Waals surface area contributed by atoms with Gasteiger partial charge < -0.3 is 14.9 Å². The van der Waals surface area contributed by atoms with E-state index in [4.69, 9.17) is 14.9 Å². The second kappa shape index (κ2) is 7.80. The van der Waals surface area contributed by atoms with Crippen LogP contribution >= 0.6 is 11.3 Å². The lowest BCUT2D eigenvalue weighted by atomic mass is 10.1. The van der Waals surface area contributed by atoms with Crippen LogP contribution in [0, 0.1) is 0 Å². The Kier molecular flexibility index (Phi) is 4.70. The molecule has 4 heterocycles. The molecule has 0 unspecified atom stereocenters. The van der Waals surface area contributed by atoms with Gasteiger partial charge in [0.15, 0.2) is 0 Å². The summed E-state index contributed by atoms with van der Waals surface area (Å²) in [6.45, 7) is 0.293. The molecule has 5 aromatic rings. The number of tetrazole rings is 1. The van der Waals surface area contributed by atoms with Crippen LogP contribution in [0.1, 0.15) is 5.56 Å². The molecule has 0 saturated heterocycles. The van der Waals surface area contributed by atoms with Crippen LogP contribution in [0.2, 0.25) is 0 Å². The van der Waals surface area contributed by atoms with Gasteiger partial charge in [-0.2, -0.15) is 5.21 Å². The fraction of sp³-hybridized carbons (Fsp3) is 0.0476. The third-order valence-electron chi connectivity index (χ3n) is 4.54. The topological polar surface area (TPSA) is 116 Å². The van der Waals surface area contributed by atoms with Gasteiger partial charge in [0, 0.05) is 16.7 Å². The second-order valence-corrected chi connectivity index (χ2v) is 7.44. The van der Waals surface area contributed by atoms with E-state index in [0.29, 0.717) is 24.0 Å². The summed E-state index contributed by atoms with van der Waals surface area (Å²) in [5.41, 5.74) is 11.1. The van der Waals surface area contributed by atoms with Gasteiger partial charge in [-0.05, 0) is 40.4 Å². The Hall–Kier alpha value is -3.98. The molecule has 0 fully saturated rings. The van der Waals surface area contributed by atoms with Crippen molar-refractivity contribution in [3.63, 3.8) is 0 Å². The smallest absolute Gasteiger partial charge is 0.238 e. The summed E-state index contributed by atoms with van der Waals surface area (Å²) >= 11 is 1.61. The van der Waals surface area contributed by atoms with Gasteiger partial charge in [0.1, 0.15) is 12.3 Å². The van der Waals surface area contributed by atoms with Crippen LogP contribution in [0.3, 0.4) is 0 Å². The molecule has 0 radical (unpaired) electrons. The van der Waals surface area contributed by atoms with Crippen molar-refractivity contribution >= 4 is 17.0 Å². The molecule has 3 N–H and O–H groups in total. The highest BCUT2D eigenvalue weighted by Crippen LogP contribution is 2.37. The molecule has 0 aliphatic heterocycles. The number of nitrogens with zero attached hydrogens (tertiary/aromatic N) is 4. The number of H-pyrrole nitrogens is 1. The zero-order valence-corrected chi connectivity index (χ0v) is 16.5. The first-order valence-corrected chi connectivity index (χ1v) is 9.98. The van der Waals surface area contributed by atoms with Crippen molar-refractivity contribution in [3.05, 3.63) is 72.0 Å². The monoisotopic (exact) mass is 416 g/mol. The maximum atomic E-state index is 6.41. The highest BCUT2D eigenvalue weighted by molar-refractivity contribution is 7.13. The molecule has 5 rings (SSSR count). The van der Waals surface area contributed by atoms with Crippen molar-refractivity contribution in [3.8, 4) is 39.0 Å². The van der Waals surface area contributed by atoms with E-state index in [1.807, 2.05) is 53.9 Å². The maximum Gasteiger partial charge on any atom is 0.238 e. The summed E-state index contributed by atoms with van der Waals surface area (Å²) < 4.78 is 11.3. The van der Waals surface area contributed by atoms with Gasteiger partial charge >= 0.3 is 0 Å². The lowest BCUT2D eigenvalue weighted by molar-refractivity contribution is 0.296. The van der Waals surface area contributed by atoms with Crippen molar-refractivity contribution in [2.45, 2.75) is 6.61 Å². The van der Waals surface area contributed by atoms with Crippen molar-refractivity contribution in [1.82, 2.24) is 25.6 Å². The molecule has 0 saturated carbocycles. The molecule has 0 amide bonds. The Bertz CT molecular complexity index is 1250. The molecule has 0 aliphatic carbocycles. The van der Waals surface area contributed by atoms with E-state index in [9.17, 15) is 0 Å². The largest absolute Gasteiger partial charge is 0.472 e. The molecule has 9 heteroatoms. The van der Waals surface area contributed by atoms with Gasteiger partial charge in [-0.25, -0.2) is 4.98 Å². The van der Waals surface area contributed by atoms with Gasteiger partial charge in [0.05, 0.1) is 23.1 Å². The fourth-order valence-electron chi connectivity index (χ4n) is 3.08. The van der Waals surface area contributed by atoms with Gasteiger partial charge in [-0.1, -0.05) is 24.3 Å². The van der Waals surface area contributed by atoms with E-state index in [0.717, 1.165) is 32.8 Å². The van der Waals surface area contributed by atoms with Crippen LogP contribution < -0.4 is 10.5 Å². The number of benzene rings is 1. The quantitative estimate of drug-likeness (QED) is 0.421. The number of hydrogen-bond donors (Lipinski definition) is 2. The van der Waals surface area contributed by atoms with Crippen molar-refractivity contribution in [2.24, 2.45) is 0 Å². The lowest BCUT2D eigenvalue weighted by Gasteiger charge is -2.13. The molecule has 1 aromatic carbocycles. The molecular formula is C21H16N6O2S. The number of rotatable bonds is 6. The summed E-state index contributed by atoms with van der Waals surface area (Å²) in [5, 5.41) is 16.1. The highest BCUT2D eigenvalue weighted by atomic mass is 32.1. The van der Waals surface area contributed by atoms with E-state index in [1.54, 1.807) is 23.9 Å². The number of nitrogen functional groups attached to an aromatic ring is 1. The number of pyridine rings is 1. The van der Waals surface area contributed by atoms with Crippen molar-refractivity contribution < 1.29 is 9.15 Å². The molecule has 0 atom stereocenters. The number of nitrogens with two attached hydrogens (primary N) is 1. The normalized spacial score (nSPS) is 10.9. The standard InChI is InChI=1S/C21H16N6O2S/c22-19-16(15-6-7-28-12-15)10-17(18-5-2-8-30-18)23-21(19)29-11-13-3-1-4-14(9-13)20-24-26-27-25-20/h1-10,12H,11,22H2,(H,24,25,26,27). The number of furan rings is 1. The Balaban J connectivity index is 1.48. The number of aromatic nitrogens is 5. The van der Waals surface area contributed by atoms with E-state index in [2.05, 4.69) is 25.6 Å². The maximum absolute atomic E-state index is 6.41. The fourth-order valence-corrected chi connectivity index (χ4v) is 3.77. The first-order chi connectivity index (χ1) is 14.8. The number of aromatic amines is 1. The average Bonchev–Trinajstić information content (AvgIpc) is 3.56. The highest BCUT2D eigenvalue weighted by Gasteiger charge is 2.16. The second-order valence-electron chi connectivity index (χ2n) is 6.49. The Labute approximate surface area is 175 Å². The van der Waals surface area contributed by atoms with Gasteiger partial charge in [-0.15, -0.1) is 21.5 Å². The van der Waals surface area contributed by atoms with Crippen LogP contribution in [-0.4, -0.2) is 25.6 Å². The third-order valence-corrected chi connectivity index (χ3v) is 5.43. The van der Waals surface area contributed by atoms with Crippen LogP contribution in [0.4, 0.5) is 5.69 Å². The van der Waals surface area contributed by atoms with Crippen molar-refractivity contribution in [2.75, 3.05) is 5.73 Å². The molecular weight excluding hydrogens is 400 g/mol. The molecule has 148 valence electrons. The predicted octanol–water partition coefficient (Wildman–Crippen LogP) is 4.41. The summed E-state index contributed by atoms with van der Waals surface area (Å²) in [6.07, 6.45) is 3.27. The van der Waals surface area contributed by atoms with Crippen LogP contribution in [-0.2, 0) is 6.61 Å². The summed E-state index contributed by atoms with van der Waals surface area (Å²) in [7, 11) is 0. The van der Waals surface area contributed by atoms with Crippen molar-refractivity contribution in [1.29, 1.82) is 0 Å². The molecule has 0 aliphatic rings. The number of anilines is 1. The molecule has 0 bridgehead atoms. The molecule has 0 spiro atoms. The SMILES string of the molecule is Nc1c(-c2ccoc2)cc(-c2cccs2)nc1OCc1cccc(-c2nn[nH]n2)c1. The van der Waals surface area contributed by atoms with Gasteiger partial charge in [0.2, 0.25) is 11.7 Å².